The number of guanidine groups is 1. The molecule has 0 spiro atoms. The second-order valence-electron chi connectivity index (χ2n) is 4.78. The van der Waals surface area contributed by atoms with Crippen molar-refractivity contribution in [2.45, 2.75) is 26.3 Å². The Bertz CT molecular complexity index is 465. The summed E-state index contributed by atoms with van der Waals surface area (Å²) in [6.45, 7) is 5.61. The van der Waals surface area contributed by atoms with Gasteiger partial charge in [-0.3, -0.25) is 5.32 Å². The van der Waals surface area contributed by atoms with Crippen molar-refractivity contribution in [2.24, 2.45) is 10.7 Å². The molecule has 18 heavy (non-hydrogen) atoms. The molecule has 0 radical (unpaired) electrons. The highest BCUT2D eigenvalue weighted by molar-refractivity contribution is 6.33. The number of hydrogen-bond acceptors (Lipinski definition) is 2. The number of aliphatic imine (C=N–C) groups is 1. The summed E-state index contributed by atoms with van der Waals surface area (Å²) in [5, 5.41) is 5.61. The molecule has 2 amide bonds. The van der Waals surface area contributed by atoms with Crippen molar-refractivity contribution >= 4 is 29.3 Å². The normalized spacial score (nSPS) is 12.1. The smallest absolute Gasteiger partial charge is 0.321 e. The number of hydrogen-bond donors (Lipinski definition) is 3. The van der Waals surface area contributed by atoms with E-state index in [2.05, 4.69) is 15.6 Å². The van der Waals surface area contributed by atoms with Gasteiger partial charge in [0.15, 0.2) is 0 Å². The van der Waals surface area contributed by atoms with Gasteiger partial charge in [0.1, 0.15) is 0 Å². The lowest BCUT2D eigenvalue weighted by molar-refractivity contribution is 0.236. The third-order valence-corrected chi connectivity index (χ3v) is 2.14. The molecule has 0 bridgehead atoms. The Hall–Kier alpha value is -1.75. The van der Waals surface area contributed by atoms with Gasteiger partial charge in [0, 0.05) is 5.54 Å². The van der Waals surface area contributed by atoms with Crippen LogP contribution in [-0.4, -0.2) is 17.5 Å². The van der Waals surface area contributed by atoms with Gasteiger partial charge in [-0.25, -0.2) is 9.79 Å². The molecule has 98 valence electrons. The fourth-order valence-corrected chi connectivity index (χ4v) is 1.37. The van der Waals surface area contributed by atoms with Gasteiger partial charge in [-0.05, 0) is 32.9 Å². The number of carbonyl (C=O) groups is 1. The second kappa shape index (κ2) is 5.73. The molecule has 0 atom stereocenters. The van der Waals surface area contributed by atoms with Gasteiger partial charge >= 0.3 is 6.03 Å². The van der Waals surface area contributed by atoms with Gasteiger partial charge in [-0.2, -0.15) is 0 Å². The van der Waals surface area contributed by atoms with E-state index in [0.29, 0.717) is 10.7 Å². The summed E-state index contributed by atoms with van der Waals surface area (Å²) in [4.78, 5) is 15.5. The van der Waals surface area contributed by atoms with E-state index in [1.165, 1.54) is 0 Å². The number of halogens is 1. The van der Waals surface area contributed by atoms with Crippen LogP contribution in [0.15, 0.2) is 29.3 Å². The molecule has 0 aliphatic heterocycles. The molecule has 0 unspecified atom stereocenters. The summed E-state index contributed by atoms with van der Waals surface area (Å²) in [7, 11) is 0. The van der Waals surface area contributed by atoms with Crippen LogP contribution < -0.4 is 16.4 Å². The third kappa shape index (κ3) is 5.05. The number of carbonyl (C=O) groups excluding carboxylic acids is 1. The predicted octanol–water partition coefficient (Wildman–Crippen LogP) is 2.38. The monoisotopic (exact) mass is 268 g/mol. The van der Waals surface area contributed by atoms with Crippen molar-refractivity contribution in [1.82, 2.24) is 10.6 Å². The number of benzene rings is 1. The van der Waals surface area contributed by atoms with Crippen molar-refractivity contribution in [2.75, 3.05) is 0 Å². The average Bonchev–Trinajstić information content (AvgIpc) is 2.18. The molecule has 1 rings (SSSR count). The molecule has 0 saturated heterocycles. The fraction of sp³-hybridized carbons (Fsp3) is 0.333. The van der Waals surface area contributed by atoms with Crippen LogP contribution >= 0.6 is 11.6 Å². The van der Waals surface area contributed by atoms with Gasteiger partial charge in [0.05, 0.1) is 10.7 Å². The largest absolute Gasteiger partial charge is 0.369 e. The zero-order valence-electron chi connectivity index (χ0n) is 10.6. The lowest BCUT2D eigenvalue weighted by Gasteiger charge is -2.20. The highest BCUT2D eigenvalue weighted by Gasteiger charge is 2.13. The number of amides is 2. The summed E-state index contributed by atoms with van der Waals surface area (Å²) < 4.78 is 0. The van der Waals surface area contributed by atoms with Crippen LogP contribution in [0, 0.1) is 0 Å². The SMILES string of the molecule is CC(C)(C)NC(=O)NC(N)=Nc1ccccc1Cl. The van der Waals surface area contributed by atoms with Crippen molar-refractivity contribution in [3.05, 3.63) is 29.3 Å². The molecular weight excluding hydrogens is 252 g/mol. The number of urea groups is 1. The molecular formula is C12H17ClN4O. The van der Waals surface area contributed by atoms with Crippen LogP contribution in [0.25, 0.3) is 0 Å². The first-order valence-electron chi connectivity index (χ1n) is 5.46. The van der Waals surface area contributed by atoms with E-state index in [4.69, 9.17) is 17.3 Å². The molecule has 6 heteroatoms. The number of nitrogens with two attached hydrogens (primary N) is 1. The Balaban J connectivity index is 2.69. The van der Waals surface area contributed by atoms with Crippen molar-refractivity contribution in [3.8, 4) is 0 Å². The van der Waals surface area contributed by atoms with Gasteiger partial charge in [-0.1, -0.05) is 23.7 Å². The second-order valence-corrected chi connectivity index (χ2v) is 5.18. The van der Waals surface area contributed by atoms with Crippen molar-refractivity contribution in [1.29, 1.82) is 0 Å². The van der Waals surface area contributed by atoms with Gasteiger partial charge in [0.2, 0.25) is 5.96 Å². The molecule has 1 aromatic carbocycles. The highest BCUT2D eigenvalue weighted by atomic mass is 35.5. The Kier molecular flexibility index (Phi) is 4.55. The number of rotatable bonds is 1. The minimum Gasteiger partial charge on any atom is -0.369 e. The first-order chi connectivity index (χ1) is 8.28. The number of para-hydroxylation sites is 1. The molecule has 0 aliphatic carbocycles. The van der Waals surface area contributed by atoms with Crippen LogP contribution in [0.4, 0.5) is 10.5 Å². The zero-order chi connectivity index (χ0) is 13.8. The number of nitrogens with zero attached hydrogens (tertiary/aromatic N) is 1. The molecule has 0 aromatic heterocycles. The van der Waals surface area contributed by atoms with E-state index >= 15 is 0 Å². The quantitative estimate of drug-likeness (QED) is 0.540. The molecule has 0 aliphatic rings. The molecule has 0 heterocycles. The lowest BCUT2D eigenvalue weighted by atomic mass is 10.1. The van der Waals surface area contributed by atoms with Crippen LogP contribution in [0.1, 0.15) is 20.8 Å². The van der Waals surface area contributed by atoms with E-state index in [-0.39, 0.29) is 11.5 Å². The predicted molar refractivity (Wildman–Crippen MR) is 74.2 cm³/mol. The van der Waals surface area contributed by atoms with Crippen LogP contribution in [0.5, 0.6) is 0 Å². The molecule has 0 saturated carbocycles. The van der Waals surface area contributed by atoms with Crippen LogP contribution in [-0.2, 0) is 0 Å². The van der Waals surface area contributed by atoms with Crippen LogP contribution in [0.3, 0.4) is 0 Å². The summed E-state index contributed by atoms with van der Waals surface area (Å²) in [6.07, 6.45) is 0. The number of nitrogens with one attached hydrogen (secondary N) is 2. The molecule has 0 fully saturated rings. The maximum absolute atomic E-state index is 11.5. The molecule has 4 N–H and O–H groups in total. The lowest BCUT2D eigenvalue weighted by Crippen LogP contribution is -2.50. The fourth-order valence-electron chi connectivity index (χ4n) is 1.19. The van der Waals surface area contributed by atoms with E-state index < -0.39 is 6.03 Å². The van der Waals surface area contributed by atoms with E-state index in [1.54, 1.807) is 24.3 Å². The van der Waals surface area contributed by atoms with E-state index in [1.807, 2.05) is 20.8 Å². The first kappa shape index (κ1) is 14.3. The maximum atomic E-state index is 11.5. The standard InChI is InChI=1S/C12H17ClN4O/c1-12(2,3)17-11(18)16-10(14)15-9-7-5-4-6-8(9)13/h4-7H,1-3H3,(H4,14,15,16,17,18). The van der Waals surface area contributed by atoms with Gasteiger partial charge < -0.3 is 11.1 Å². The third-order valence-electron chi connectivity index (χ3n) is 1.82. The van der Waals surface area contributed by atoms with Gasteiger partial charge in [-0.15, -0.1) is 0 Å². The van der Waals surface area contributed by atoms with Gasteiger partial charge in [0.25, 0.3) is 0 Å². The molecule has 5 nitrogen and oxygen atoms in total. The summed E-state index contributed by atoms with van der Waals surface area (Å²) in [6, 6.07) is 6.57. The summed E-state index contributed by atoms with van der Waals surface area (Å²) in [5.41, 5.74) is 5.78. The Morgan fingerprint density at radius 1 is 1.33 bits per heavy atom. The van der Waals surface area contributed by atoms with E-state index in [0.717, 1.165) is 0 Å². The topological polar surface area (TPSA) is 79.5 Å². The Morgan fingerprint density at radius 2 is 1.94 bits per heavy atom. The van der Waals surface area contributed by atoms with E-state index in [9.17, 15) is 4.79 Å². The molecule has 1 aromatic rings. The maximum Gasteiger partial charge on any atom is 0.321 e. The Morgan fingerprint density at radius 3 is 2.50 bits per heavy atom. The zero-order valence-corrected chi connectivity index (χ0v) is 11.4. The minimum atomic E-state index is -0.407. The highest BCUT2D eigenvalue weighted by Crippen LogP contribution is 2.23. The van der Waals surface area contributed by atoms with Crippen molar-refractivity contribution < 1.29 is 4.79 Å². The van der Waals surface area contributed by atoms with Crippen LogP contribution in [0.2, 0.25) is 5.02 Å². The average molecular weight is 269 g/mol. The first-order valence-corrected chi connectivity index (χ1v) is 5.83. The minimum absolute atomic E-state index is 0.00940. The Labute approximate surface area is 111 Å². The summed E-state index contributed by atoms with van der Waals surface area (Å²) in [5.74, 6) is -0.00940. The summed E-state index contributed by atoms with van der Waals surface area (Å²) >= 11 is 5.92. The van der Waals surface area contributed by atoms with Crippen molar-refractivity contribution in [3.63, 3.8) is 0 Å².